The maximum Gasteiger partial charge on any atom is 0.224 e. The molecule has 1 fully saturated rings. The number of likely N-dealkylation sites (N-methyl/N-ethyl adjacent to an activating group) is 1. The van der Waals surface area contributed by atoms with E-state index >= 15 is 0 Å². The van der Waals surface area contributed by atoms with E-state index in [9.17, 15) is 4.79 Å². The quantitative estimate of drug-likeness (QED) is 0.689. The van der Waals surface area contributed by atoms with Crippen molar-refractivity contribution >= 4 is 5.91 Å². The summed E-state index contributed by atoms with van der Waals surface area (Å²) in [6, 6.07) is 0. The van der Waals surface area contributed by atoms with Crippen LogP contribution >= 0.6 is 0 Å². The van der Waals surface area contributed by atoms with Gasteiger partial charge >= 0.3 is 0 Å². The van der Waals surface area contributed by atoms with Crippen molar-refractivity contribution in [3.8, 4) is 0 Å². The molecule has 0 aromatic rings. The molecule has 1 aliphatic heterocycles. The van der Waals surface area contributed by atoms with E-state index in [4.69, 9.17) is 0 Å². The first-order valence-corrected chi connectivity index (χ1v) is 6.89. The Morgan fingerprint density at radius 1 is 1.35 bits per heavy atom. The lowest BCUT2D eigenvalue weighted by Crippen LogP contribution is -2.39. The fourth-order valence-electron chi connectivity index (χ4n) is 2.37. The highest BCUT2D eigenvalue weighted by Gasteiger charge is 2.29. The van der Waals surface area contributed by atoms with Crippen LogP contribution in [0.1, 0.15) is 27.2 Å². The zero-order valence-electron chi connectivity index (χ0n) is 11.5. The van der Waals surface area contributed by atoms with E-state index in [0.717, 1.165) is 39.3 Å². The van der Waals surface area contributed by atoms with Crippen LogP contribution in [0.3, 0.4) is 0 Å². The van der Waals surface area contributed by atoms with Crippen LogP contribution in [-0.4, -0.2) is 50.1 Å². The highest BCUT2D eigenvalue weighted by molar-refractivity contribution is 5.79. The van der Waals surface area contributed by atoms with Crippen molar-refractivity contribution in [3.05, 3.63) is 0 Å². The van der Waals surface area contributed by atoms with Gasteiger partial charge in [-0.1, -0.05) is 20.8 Å². The molecule has 1 heterocycles. The largest absolute Gasteiger partial charge is 0.355 e. The van der Waals surface area contributed by atoms with Crippen molar-refractivity contribution in [1.29, 1.82) is 0 Å². The number of hydrogen-bond acceptors (Lipinski definition) is 3. The molecule has 0 aromatic heterocycles. The van der Waals surface area contributed by atoms with Crippen molar-refractivity contribution in [3.63, 3.8) is 0 Å². The molecule has 0 bridgehead atoms. The molecule has 2 unspecified atom stereocenters. The van der Waals surface area contributed by atoms with E-state index in [0.29, 0.717) is 5.92 Å². The van der Waals surface area contributed by atoms with Gasteiger partial charge in [0.15, 0.2) is 0 Å². The van der Waals surface area contributed by atoms with Crippen LogP contribution in [0.5, 0.6) is 0 Å². The zero-order chi connectivity index (χ0) is 12.7. The molecule has 1 rings (SSSR count). The average Bonchev–Trinajstić information content (AvgIpc) is 2.74. The molecule has 2 N–H and O–H groups in total. The lowest BCUT2D eigenvalue weighted by Gasteiger charge is -2.20. The Morgan fingerprint density at radius 2 is 2.12 bits per heavy atom. The fraction of sp³-hybridized carbons (Fsp3) is 0.923. The van der Waals surface area contributed by atoms with E-state index in [1.807, 2.05) is 0 Å². The average molecular weight is 241 g/mol. The minimum atomic E-state index is 0.163. The van der Waals surface area contributed by atoms with E-state index in [1.165, 1.54) is 6.42 Å². The number of carbonyl (C=O) groups is 1. The lowest BCUT2D eigenvalue weighted by atomic mass is 9.97. The van der Waals surface area contributed by atoms with Crippen LogP contribution in [-0.2, 0) is 4.79 Å². The van der Waals surface area contributed by atoms with Gasteiger partial charge in [-0.2, -0.15) is 0 Å². The summed E-state index contributed by atoms with van der Waals surface area (Å²) < 4.78 is 0. The van der Waals surface area contributed by atoms with Crippen molar-refractivity contribution in [2.45, 2.75) is 27.2 Å². The van der Waals surface area contributed by atoms with Crippen LogP contribution in [0.2, 0.25) is 0 Å². The normalized spacial score (nSPS) is 24.2. The van der Waals surface area contributed by atoms with Gasteiger partial charge in [0.2, 0.25) is 5.91 Å². The number of nitrogens with one attached hydrogen (secondary N) is 2. The SMILES string of the molecule is CCCN(CC)CCNC(=O)C1CNCC1C. The Labute approximate surface area is 105 Å². The third-order valence-corrected chi connectivity index (χ3v) is 3.57. The summed E-state index contributed by atoms with van der Waals surface area (Å²) in [6.45, 7) is 12.2. The summed E-state index contributed by atoms with van der Waals surface area (Å²) in [6.07, 6.45) is 1.17. The van der Waals surface area contributed by atoms with Crippen molar-refractivity contribution in [2.24, 2.45) is 11.8 Å². The van der Waals surface area contributed by atoms with Gasteiger partial charge in [-0.3, -0.25) is 4.79 Å². The molecular weight excluding hydrogens is 214 g/mol. The zero-order valence-corrected chi connectivity index (χ0v) is 11.5. The third-order valence-electron chi connectivity index (χ3n) is 3.57. The second-order valence-corrected chi connectivity index (χ2v) is 4.97. The van der Waals surface area contributed by atoms with Crippen LogP contribution < -0.4 is 10.6 Å². The third kappa shape index (κ3) is 4.64. The Kier molecular flexibility index (Phi) is 6.52. The van der Waals surface area contributed by atoms with Crippen LogP contribution in [0.25, 0.3) is 0 Å². The molecule has 17 heavy (non-hydrogen) atoms. The summed E-state index contributed by atoms with van der Waals surface area (Å²) >= 11 is 0. The Balaban J connectivity index is 2.19. The molecule has 0 radical (unpaired) electrons. The summed E-state index contributed by atoms with van der Waals surface area (Å²) in [5.74, 6) is 0.847. The van der Waals surface area contributed by atoms with E-state index in [-0.39, 0.29) is 11.8 Å². The molecule has 1 amide bonds. The number of amides is 1. The lowest BCUT2D eigenvalue weighted by molar-refractivity contribution is -0.125. The second kappa shape index (κ2) is 7.67. The minimum absolute atomic E-state index is 0.163. The van der Waals surface area contributed by atoms with Gasteiger partial charge in [0.1, 0.15) is 0 Å². The molecular formula is C13H27N3O. The molecule has 0 saturated carbocycles. The van der Waals surface area contributed by atoms with Gasteiger partial charge in [-0.25, -0.2) is 0 Å². The second-order valence-electron chi connectivity index (χ2n) is 4.97. The molecule has 100 valence electrons. The smallest absolute Gasteiger partial charge is 0.224 e. The maximum absolute atomic E-state index is 11.9. The molecule has 4 heteroatoms. The first kappa shape index (κ1) is 14.5. The van der Waals surface area contributed by atoms with E-state index in [1.54, 1.807) is 0 Å². The number of hydrogen-bond donors (Lipinski definition) is 2. The van der Waals surface area contributed by atoms with E-state index in [2.05, 4.69) is 36.3 Å². The van der Waals surface area contributed by atoms with Gasteiger partial charge in [-0.15, -0.1) is 0 Å². The van der Waals surface area contributed by atoms with Crippen LogP contribution in [0.4, 0.5) is 0 Å². The van der Waals surface area contributed by atoms with Gasteiger partial charge in [-0.05, 0) is 32.0 Å². The number of rotatable bonds is 7. The van der Waals surface area contributed by atoms with Gasteiger partial charge in [0.25, 0.3) is 0 Å². The summed E-state index contributed by atoms with van der Waals surface area (Å²) in [5.41, 5.74) is 0. The molecule has 4 nitrogen and oxygen atoms in total. The molecule has 0 aliphatic carbocycles. The van der Waals surface area contributed by atoms with Crippen LogP contribution in [0, 0.1) is 11.8 Å². The van der Waals surface area contributed by atoms with Gasteiger partial charge < -0.3 is 15.5 Å². The molecule has 0 spiro atoms. The molecule has 2 atom stereocenters. The highest BCUT2D eigenvalue weighted by Crippen LogP contribution is 2.15. The highest BCUT2D eigenvalue weighted by atomic mass is 16.1. The standard InChI is InChI=1S/C13H27N3O/c1-4-7-16(5-2)8-6-15-13(17)12-10-14-9-11(12)3/h11-12,14H,4-10H2,1-3H3,(H,15,17). The first-order valence-electron chi connectivity index (χ1n) is 6.89. The van der Waals surface area contributed by atoms with E-state index < -0.39 is 0 Å². The topological polar surface area (TPSA) is 44.4 Å². The van der Waals surface area contributed by atoms with Crippen LogP contribution in [0.15, 0.2) is 0 Å². The van der Waals surface area contributed by atoms with Crippen molar-refractivity contribution < 1.29 is 4.79 Å². The summed E-state index contributed by atoms with van der Waals surface area (Å²) in [4.78, 5) is 14.3. The molecule has 0 aromatic carbocycles. The predicted molar refractivity (Wildman–Crippen MR) is 70.9 cm³/mol. The summed E-state index contributed by atoms with van der Waals surface area (Å²) in [7, 11) is 0. The Bertz CT molecular complexity index is 233. The predicted octanol–water partition coefficient (Wildman–Crippen LogP) is 0.690. The van der Waals surface area contributed by atoms with Gasteiger partial charge in [0, 0.05) is 19.6 Å². The Morgan fingerprint density at radius 3 is 2.65 bits per heavy atom. The fourth-order valence-corrected chi connectivity index (χ4v) is 2.37. The monoisotopic (exact) mass is 241 g/mol. The number of carbonyl (C=O) groups excluding carboxylic acids is 1. The molecule has 1 saturated heterocycles. The Hall–Kier alpha value is -0.610. The molecule has 1 aliphatic rings. The van der Waals surface area contributed by atoms with Gasteiger partial charge in [0.05, 0.1) is 5.92 Å². The number of nitrogens with zero attached hydrogens (tertiary/aromatic N) is 1. The van der Waals surface area contributed by atoms with Crippen molar-refractivity contribution in [1.82, 2.24) is 15.5 Å². The van der Waals surface area contributed by atoms with Crippen molar-refractivity contribution in [2.75, 3.05) is 39.3 Å². The summed E-state index contributed by atoms with van der Waals surface area (Å²) in [5, 5.41) is 6.32. The minimum Gasteiger partial charge on any atom is -0.355 e. The maximum atomic E-state index is 11.9. The first-order chi connectivity index (χ1) is 8.19.